The Balaban J connectivity index is -0.0000000870. The Hall–Kier alpha value is 3.61. The molecule has 0 aliphatic rings. The van der Waals surface area contributed by atoms with Crippen LogP contribution >= 0.6 is 0 Å². The van der Waals surface area contributed by atoms with Crippen LogP contribution in [-0.4, -0.2) is 55.1 Å². The van der Waals surface area contributed by atoms with Gasteiger partial charge in [-0.1, -0.05) is 79.6 Å². The van der Waals surface area contributed by atoms with Gasteiger partial charge in [-0.2, -0.15) is 83.0 Å². The Kier molecular flexibility index (Phi) is 104. The molecular formula is C75H91N13W3Y10+2. The van der Waals surface area contributed by atoms with Gasteiger partial charge in [-0.3, -0.25) is 29.9 Å². The molecule has 11 aromatic heterocycles. The van der Waals surface area contributed by atoms with E-state index in [1.54, 1.807) is 24.4 Å². The minimum absolute atomic E-state index is 0. The third kappa shape index (κ3) is 67.8. The van der Waals surface area contributed by atoms with Gasteiger partial charge >= 0.3 is 69.9 Å². The summed E-state index contributed by atoms with van der Waals surface area (Å²) in [6.45, 7) is 42.9. The van der Waals surface area contributed by atoms with Crippen molar-refractivity contribution in [2.45, 2.75) is 152 Å². The van der Waals surface area contributed by atoms with Crippen molar-refractivity contribution >= 4 is 0 Å². The molecule has 26 heteroatoms. The zero-order valence-corrected chi connectivity index (χ0v) is 100. The van der Waals surface area contributed by atoms with Crippen LogP contribution < -0.4 is 9.13 Å². The molecule has 11 aromatic rings. The number of aromatic nitrogens is 13. The molecule has 0 aliphatic heterocycles. The molecule has 0 aliphatic carbocycles. The molecule has 0 amide bonds. The zero-order valence-electron chi connectivity index (χ0n) is 63.0. The first kappa shape index (κ1) is 131. The summed E-state index contributed by atoms with van der Waals surface area (Å²) >= 11 is 0. The van der Waals surface area contributed by atoms with E-state index in [1.807, 2.05) is 215 Å². The Morgan fingerprint density at radius 1 is 0.277 bits per heavy atom. The van der Waals surface area contributed by atoms with Crippen LogP contribution in [0.15, 0.2) is 158 Å². The molecule has 11 rings (SSSR count). The van der Waals surface area contributed by atoms with E-state index in [0.717, 1.165) is 103 Å². The van der Waals surface area contributed by atoms with E-state index in [1.165, 1.54) is 22.8 Å². The van der Waals surface area contributed by atoms with Crippen LogP contribution in [0.2, 0.25) is 0 Å². The number of hydrogen-bond donors (Lipinski definition) is 0. The Morgan fingerprint density at radius 2 is 0.535 bits per heavy atom. The molecule has 0 saturated carbocycles. The van der Waals surface area contributed by atoms with Gasteiger partial charge in [0.15, 0.2) is 22.8 Å². The molecule has 101 heavy (non-hydrogen) atoms. The smallest absolute Gasteiger partial charge is 0.391 e. The van der Waals surface area contributed by atoms with Crippen LogP contribution in [0.3, 0.4) is 0 Å². The monoisotopic (exact) mass is 2610 g/mol. The van der Waals surface area contributed by atoms with E-state index < -0.39 is 0 Å². The normalized spacial score (nSPS) is 8.25. The van der Waals surface area contributed by atoms with Gasteiger partial charge in [-0.05, 0) is 150 Å². The van der Waals surface area contributed by atoms with Crippen molar-refractivity contribution in [3.63, 3.8) is 0 Å². The molecule has 13 nitrogen and oxygen atoms in total. The second-order valence-electron chi connectivity index (χ2n) is 20.6. The summed E-state index contributed by atoms with van der Waals surface area (Å²) in [7, 11) is 0. The Bertz CT molecular complexity index is 3190. The van der Waals surface area contributed by atoms with Crippen LogP contribution in [0, 0.1) is 182 Å². The maximum Gasteiger partial charge on any atom is 2.00 e. The van der Waals surface area contributed by atoms with Crippen molar-refractivity contribution in [1.29, 1.82) is 0 Å². The third-order valence-corrected chi connectivity index (χ3v) is 12.1. The molecule has 0 bridgehead atoms. The molecule has 0 fully saturated rings. The van der Waals surface area contributed by atoms with E-state index >= 15 is 0 Å². The SMILES string of the molecule is Cc1[c-]ccc(C)n1.Cc1[c-]ccc(C)n1.Cc1[c-]ccc(C)n1.Cc1ccc[c-]n1.Cc1ccc[c-]n1.Cc1ccc[c-]n1.Cc1cccc(C)[n+]1C[n+]1c(C)cccc1C.Cc1cccc(C)n1.Cc1cnnc(C)c1.Cc1nc(C)c(C)nc1C.[W+2].[W+2].[W+2].[Y].[Y].[Y].[Y].[Y].[Y].[Y].[Y].[Y].[Y]. The molecule has 0 aromatic carbocycles. The summed E-state index contributed by atoms with van der Waals surface area (Å²) in [5.41, 5.74) is 22.7. The molecule has 10 radical (unpaired) electrons. The van der Waals surface area contributed by atoms with Gasteiger partial charge in [0.2, 0.25) is 0 Å². The molecule has 0 spiro atoms. The molecular weight excluding hydrogens is 2520 g/mol. The van der Waals surface area contributed by atoms with E-state index in [4.69, 9.17) is 0 Å². The van der Waals surface area contributed by atoms with Crippen LogP contribution in [-0.2, 0) is 397 Å². The van der Waals surface area contributed by atoms with Gasteiger partial charge in [0.25, 0.3) is 0 Å². The van der Waals surface area contributed by atoms with Gasteiger partial charge < -0.3 is 15.0 Å². The van der Waals surface area contributed by atoms with Crippen molar-refractivity contribution in [2.24, 2.45) is 0 Å². The Morgan fingerprint density at radius 3 is 0.703 bits per heavy atom. The van der Waals surface area contributed by atoms with Crippen molar-refractivity contribution in [3.05, 3.63) is 314 Å². The predicted molar refractivity (Wildman–Crippen MR) is 355 cm³/mol. The molecule has 502 valence electrons. The summed E-state index contributed by atoms with van der Waals surface area (Å²) in [5.74, 6) is 0. The predicted octanol–water partition coefficient (Wildman–Crippen LogP) is 14.5. The van der Waals surface area contributed by atoms with Crippen molar-refractivity contribution in [3.8, 4) is 0 Å². The van der Waals surface area contributed by atoms with Gasteiger partial charge in [0.1, 0.15) is 0 Å². The molecule has 0 N–H and O–H groups in total. The number of hydrogen-bond acceptors (Lipinski definition) is 11. The first-order valence-corrected chi connectivity index (χ1v) is 29.0. The molecule has 0 saturated heterocycles. The van der Waals surface area contributed by atoms with Crippen LogP contribution in [0.5, 0.6) is 0 Å². The molecule has 0 atom stereocenters. The summed E-state index contributed by atoms with van der Waals surface area (Å²) in [4.78, 5) is 36.7. The second-order valence-corrected chi connectivity index (χ2v) is 20.6. The van der Waals surface area contributed by atoms with E-state index in [9.17, 15) is 0 Å². The molecule has 0 unspecified atom stereocenters. The third-order valence-electron chi connectivity index (χ3n) is 12.1. The van der Waals surface area contributed by atoms with Crippen molar-refractivity contribution < 1.29 is 399 Å². The van der Waals surface area contributed by atoms with Crippen LogP contribution in [0.25, 0.3) is 0 Å². The van der Waals surface area contributed by atoms with E-state index in [0.29, 0.717) is 0 Å². The summed E-state index contributed by atoms with van der Waals surface area (Å²) in [5, 5.41) is 7.52. The quantitative estimate of drug-likeness (QED) is 0.120. The topological polar surface area (TPSA) is 150 Å². The fourth-order valence-electron chi connectivity index (χ4n) is 7.34. The second kappa shape index (κ2) is 80.2. The fourth-order valence-corrected chi connectivity index (χ4v) is 7.34. The van der Waals surface area contributed by atoms with Gasteiger partial charge in [-0.15, -0.1) is 9.13 Å². The standard InChI is InChI=1S/C15H20N2.C8H12N2.C7H9N.3C7H8N.C6H8N2.3C6H6N.3W.10Y/c1-12-7-5-8-13(2)16(12)11-17-14(3)9-6-10-15(17)4;1-5-6(2)10-8(4)7(3)9-5;4*1-6-4-3-5-7(2)8-6;1-5-3-6(2)8-7-4-5;3*1-6-4-2-3-5-7-6;;;;;;;;;;;;;/h5-10H,11H2,1-4H3;1-4H3;3-5H,1-2H3;4*3-4H,1-2H3;3*2-4H,1H3;;;;;;;;;;;;;/q+2;;;3*-1;;3*-1;3*+2;;;;;;;;;;. The van der Waals surface area contributed by atoms with E-state index in [-0.39, 0.29) is 390 Å². The first-order chi connectivity index (χ1) is 41.8. The largest absolute Gasteiger partial charge is 2.00 e. The van der Waals surface area contributed by atoms with Crippen molar-refractivity contribution in [2.75, 3.05) is 0 Å². The Labute approximate surface area is 902 Å². The minimum Gasteiger partial charge on any atom is -0.391 e. The van der Waals surface area contributed by atoms with Gasteiger partial charge in [-0.25, -0.2) is 36.4 Å². The maximum atomic E-state index is 4.31. The number of rotatable bonds is 2. The van der Waals surface area contributed by atoms with E-state index in [2.05, 4.69) is 165 Å². The summed E-state index contributed by atoms with van der Waals surface area (Å²) in [6.07, 6.45) is 9.87. The van der Waals surface area contributed by atoms with Gasteiger partial charge in [0.05, 0.1) is 34.7 Å². The average Bonchev–Trinajstić information content (AvgIpc) is 0.835. The summed E-state index contributed by atoms with van der Waals surface area (Å²) < 4.78 is 4.67. The number of nitrogens with zero attached hydrogens (tertiary/aromatic N) is 13. The van der Waals surface area contributed by atoms with Crippen molar-refractivity contribution in [1.82, 2.24) is 55.1 Å². The first-order valence-electron chi connectivity index (χ1n) is 29.0. The van der Waals surface area contributed by atoms with Crippen LogP contribution in [0.1, 0.15) is 119 Å². The summed E-state index contributed by atoms with van der Waals surface area (Å²) in [6, 6.07) is 58.1. The fraction of sp³-hybridized carbons (Fsp3) is 0.293. The maximum absolute atomic E-state index is 4.31. The zero-order chi connectivity index (χ0) is 65.4. The van der Waals surface area contributed by atoms with Gasteiger partial charge in [0, 0.05) is 390 Å². The number of aryl methyl sites for hydroxylation is 21. The average molecular weight is 2620 g/mol. The van der Waals surface area contributed by atoms with Crippen LogP contribution in [0.4, 0.5) is 0 Å². The molecule has 11 heterocycles. The number of pyridine rings is 9. The minimum atomic E-state index is 0.